The predicted octanol–water partition coefficient (Wildman–Crippen LogP) is 4.13. The van der Waals surface area contributed by atoms with Crippen LogP contribution in [0.3, 0.4) is 0 Å². The molecule has 0 fully saturated rings. The first-order chi connectivity index (χ1) is 9.57. The van der Waals surface area contributed by atoms with Crippen LogP contribution in [0, 0.1) is 0 Å². The van der Waals surface area contributed by atoms with Gasteiger partial charge in [-0.15, -0.1) is 0 Å². The van der Waals surface area contributed by atoms with E-state index in [1.54, 1.807) is 13.8 Å². The molecule has 0 unspecified atom stereocenters. The minimum absolute atomic E-state index is 0.892. The Hall–Kier alpha value is -2.19. The molecule has 0 aliphatic carbocycles. The highest BCUT2D eigenvalue weighted by atomic mass is 16.3. The van der Waals surface area contributed by atoms with Gasteiger partial charge in [-0.2, -0.15) is 0 Å². The fourth-order valence-electron chi connectivity index (χ4n) is 2.56. The molecule has 1 aromatic heterocycles. The zero-order valence-electron chi connectivity index (χ0n) is 11.7. The largest absolute Gasteiger partial charge is 0.386 e. The first-order valence-electron chi connectivity index (χ1n) is 6.73. The lowest BCUT2D eigenvalue weighted by Crippen LogP contribution is -2.16. The van der Waals surface area contributed by atoms with Gasteiger partial charge in [0.25, 0.3) is 0 Å². The summed E-state index contributed by atoms with van der Waals surface area (Å²) in [6.45, 7) is 3.61. The van der Waals surface area contributed by atoms with Crippen molar-refractivity contribution in [3.05, 3.63) is 66.4 Å². The Morgan fingerprint density at radius 3 is 2.40 bits per heavy atom. The third kappa shape index (κ3) is 2.19. The second-order valence-electron chi connectivity index (χ2n) is 5.49. The van der Waals surface area contributed by atoms with Gasteiger partial charge >= 0.3 is 0 Å². The molecule has 2 nitrogen and oxygen atoms in total. The van der Waals surface area contributed by atoms with Gasteiger partial charge in [0.15, 0.2) is 0 Å². The van der Waals surface area contributed by atoms with E-state index in [0.29, 0.717) is 0 Å². The lowest BCUT2D eigenvalue weighted by atomic mass is 9.90. The summed E-state index contributed by atoms with van der Waals surface area (Å²) < 4.78 is 0. The van der Waals surface area contributed by atoms with Crippen LogP contribution in [0.5, 0.6) is 0 Å². The number of hydrogen-bond acceptors (Lipinski definition) is 2. The van der Waals surface area contributed by atoms with E-state index in [2.05, 4.69) is 17.1 Å². The van der Waals surface area contributed by atoms with E-state index in [0.717, 1.165) is 27.6 Å². The van der Waals surface area contributed by atoms with Crippen molar-refractivity contribution < 1.29 is 5.11 Å². The first-order valence-corrected chi connectivity index (χ1v) is 6.73. The lowest BCUT2D eigenvalue weighted by molar-refractivity contribution is 0.0792. The Bertz CT molecular complexity index is 751. The molecule has 100 valence electrons. The smallest absolute Gasteiger partial charge is 0.0847 e. The van der Waals surface area contributed by atoms with Crippen molar-refractivity contribution >= 4 is 10.8 Å². The Morgan fingerprint density at radius 2 is 1.60 bits per heavy atom. The highest BCUT2D eigenvalue weighted by Crippen LogP contribution is 2.33. The second kappa shape index (κ2) is 4.73. The van der Waals surface area contributed by atoms with Gasteiger partial charge in [0, 0.05) is 17.1 Å². The van der Waals surface area contributed by atoms with Gasteiger partial charge in [-0.3, -0.25) is 4.98 Å². The van der Waals surface area contributed by atoms with Gasteiger partial charge in [0.1, 0.15) is 0 Å². The molecule has 0 bridgehead atoms. The fraction of sp³-hybridized carbons (Fsp3) is 0.167. The third-order valence-electron chi connectivity index (χ3n) is 3.51. The molecule has 0 saturated heterocycles. The second-order valence-corrected chi connectivity index (χ2v) is 5.49. The zero-order chi connectivity index (χ0) is 14.2. The Kier molecular flexibility index (Phi) is 3.03. The van der Waals surface area contributed by atoms with E-state index < -0.39 is 5.60 Å². The van der Waals surface area contributed by atoms with Gasteiger partial charge in [-0.05, 0) is 30.9 Å². The minimum atomic E-state index is -0.894. The topological polar surface area (TPSA) is 33.1 Å². The molecular formula is C18H17NO. The molecule has 0 aliphatic rings. The summed E-state index contributed by atoms with van der Waals surface area (Å²) in [4.78, 5) is 4.54. The first kappa shape index (κ1) is 12.8. The van der Waals surface area contributed by atoms with E-state index in [4.69, 9.17) is 0 Å². The maximum Gasteiger partial charge on any atom is 0.0847 e. The molecule has 0 spiro atoms. The van der Waals surface area contributed by atoms with Crippen LogP contribution in [-0.4, -0.2) is 10.1 Å². The summed E-state index contributed by atoms with van der Waals surface area (Å²) in [5.74, 6) is 0. The number of rotatable bonds is 2. The molecule has 3 aromatic rings. The summed E-state index contributed by atoms with van der Waals surface area (Å²) in [5, 5.41) is 12.6. The van der Waals surface area contributed by atoms with Crippen LogP contribution in [0.2, 0.25) is 0 Å². The molecule has 0 amide bonds. The molecular weight excluding hydrogens is 246 g/mol. The van der Waals surface area contributed by atoms with Crippen LogP contribution < -0.4 is 0 Å². The highest BCUT2D eigenvalue weighted by molar-refractivity contribution is 5.95. The summed E-state index contributed by atoms with van der Waals surface area (Å²) in [6.07, 6.45) is 1.82. The van der Waals surface area contributed by atoms with Crippen molar-refractivity contribution in [1.82, 2.24) is 4.98 Å². The Balaban J connectivity index is 2.32. The van der Waals surface area contributed by atoms with Gasteiger partial charge in [-0.1, -0.05) is 48.5 Å². The van der Waals surface area contributed by atoms with E-state index in [-0.39, 0.29) is 0 Å². The zero-order valence-corrected chi connectivity index (χ0v) is 11.7. The molecule has 2 heteroatoms. The minimum Gasteiger partial charge on any atom is -0.386 e. The lowest BCUT2D eigenvalue weighted by Gasteiger charge is -2.21. The number of fused-ring (bicyclic) bond motifs is 1. The van der Waals surface area contributed by atoms with Gasteiger partial charge in [-0.25, -0.2) is 0 Å². The molecule has 0 saturated carbocycles. The van der Waals surface area contributed by atoms with E-state index >= 15 is 0 Å². The molecule has 0 aliphatic heterocycles. The molecule has 2 aromatic carbocycles. The van der Waals surface area contributed by atoms with Crippen LogP contribution >= 0.6 is 0 Å². The average molecular weight is 263 g/mol. The molecule has 1 N–H and O–H groups in total. The van der Waals surface area contributed by atoms with Gasteiger partial charge in [0.2, 0.25) is 0 Å². The number of benzene rings is 2. The van der Waals surface area contributed by atoms with Crippen LogP contribution in [0.15, 0.2) is 60.8 Å². The maximum absolute atomic E-state index is 10.4. The van der Waals surface area contributed by atoms with E-state index in [1.165, 1.54) is 0 Å². The number of nitrogens with zero attached hydrogens (tertiary/aromatic N) is 1. The van der Waals surface area contributed by atoms with Crippen LogP contribution in [0.25, 0.3) is 22.0 Å². The quantitative estimate of drug-likeness (QED) is 0.754. The van der Waals surface area contributed by atoms with Crippen molar-refractivity contribution in [3.63, 3.8) is 0 Å². The summed E-state index contributed by atoms with van der Waals surface area (Å²) in [5.41, 5.74) is 1.90. The Morgan fingerprint density at radius 1 is 0.900 bits per heavy atom. The molecule has 0 radical (unpaired) electrons. The van der Waals surface area contributed by atoms with Crippen molar-refractivity contribution in [3.8, 4) is 11.3 Å². The van der Waals surface area contributed by atoms with E-state index in [9.17, 15) is 5.11 Å². The average Bonchev–Trinajstić information content (AvgIpc) is 2.46. The van der Waals surface area contributed by atoms with Crippen molar-refractivity contribution in [1.29, 1.82) is 0 Å². The predicted molar refractivity (Wildman–Crippen MR) is 82.4 cm³/mol. The number of aliphatic hydroxyl groups is 1. The van der Waals surface area contributed by atoms with E-state index in [1.807, 2.05) is 48.7 Å². The molecule has 0 atom stereocenters. The Labute approximate surface area is 118 Å². The normalized spacial score (nSPS) is 11.8. The van der Waals surface area contributed by atoms with Crippen LogP contribution in [-0.2, 0) is 5.60 Å². The number of hydrogen-bond donors (Lipinski definition) is 1. The van der Waals surface area contributed by atoms with Crippen molar-refractivity contribution in [2.45, 2.75) is 19.4 Å². The monoisotopic (exact) mass is 263 g/mol. The van der Waals surface area contributed by atoms with Crippen molar-refractivity contribution in [2.24, 2.45) is 0 Å². The standard InChI is InChI=1S/C18H17NO/c1-18(2,20)16-10-6-5-9-15(16)17-14-8-4-3-7-13(14)11-12-19-17/h3-12,20H,1-2H3. The number of aromatic nitrogens is 1. The van der Waals surface area contributed by atoms with Gasteiger partial charge < -0.3 is 5.11 Å². The highest BCUT2D eigenvalue weighted by Gasteiger charge is 2.21. The van der Waals surface area contributed by atoms with Crippen LogP contribution in [0.1, 0.15) is 19.4 Å². The summed E-state index contributed by atoms with van der Waals surface area (Å²) >= 11 is 0. The SMILES string of the molecule is CC(C)(O)c1ccccc1-c1nccc2ccccc12. The van der Waals surface area contributed by atoms with Gasteiger partial charge in [0.05, 0.1) is 11.3 Å². The van der Waals surface area contributed by atoms with Crippen molar-refractivity contribution in [2.75, 3.05) is 0 Å². The molecule has 20 heavy (non-hydrogen) atoms. The molecule has 1 heterocycles. The fourth-order valence-corrected chi connectivity index (χ4v) is 2.56. The number of pyridine rings is 1. The third-order valence-corrected chi connectivity index (χ3v) is 3.51. The van der Waals surface area contributed by atoms with Crippen LogP contribution in [0.4, 0.5) is 0 Å². The summed E-state index contributed by atoms with van der Waals surface area (Å²) in [6, 6.07) is 18.1. The maximum atomic E-state index is 10.4. The summed E-state index contributed by atoms with van der Waals surface area (Å²) in [7, 11) is 0. The molecule has 3 rings (SSSR count).